The summed E-state index contributed by atoms with van der Waals surface area (Å²) in [6.07, 6.45) is -3.28. The van der Waals surface area contributed by atoms with Crippen molar-refractivity contribution in [2.24, 2.45) is 0 Å². The summed E-state index contributed by atoms with van der Waals surface area (Å²) in [7, 11) is -6.07. The van der Waals surface area contributed by atoms with Gasteiger partial charge in [-0.3, -0.25) is 8.98 Å². The van der Waals surface area contributed by atoms with E-state index in [1.54, 1.807) is 26.0 Å². The van der Waals surface area contributed by atoms with Crippen LogP contribution in [0.1, 0.15) is 40.2 Å². The lowest BCUT2D eigenvalue weighted by molar-refractivity contribution is -0.227. The summed E-state index contributed by atoms with van der Waals surface area (Å²) in [4.78, 5) is 12.7. The fourth-order valence-corrected chi connectivity index (χ4v) is 8.09. The van der Waals surface area contributed by atoms with Crippen molar-refractivity contribution < 1.29 is 36.3 Å². The number of ether oxygens (including phenoxy) is 4. The van der Waals surface area contributed by atoms with Gasteiger partial charge in [0.1, 0.15) is 24.5 Å². The lowest BCUT2D eigenvalue weighted by Gasteiger charge is -2.51. The van der Waals surface area contributed by atoms with Gasteiger partial charge in [0.2, 0.25) is 5.91 Å². The third-order valence-corrected chi connectivity index (χ3v) is 15.0. The summed E-state index contributed by atoms with van der Waals surface area (Å²) in [6.45, 7) is 16.0. The first kappa shape index (κ1) is 26.7. The average molecular weight is 528 g/mol. The monoisotopic (exact) mass is 527 g/mol. The summed E-state index contributed by atoms with van der Waals surface area (Å²) in [5.41, 5.74) is 0.690. The van der Waals surface area contributed by atoms with Gasteiger partial charge in [-0.25, -0.2) is 0 Å². The van der Waals surface area contributed by atoms with Crippen molar-refractivity contribution in [3.63, 3.8) is 0 Å². The van der Waals surface area contributed by atoms with Gasteiger partial charge >= 0.3 is 0 Å². The van der Waals surface area contributed by atoms with Gasteiger partial charge in [0.15, 0.2) is 12.1 Å². The van der Waals surface area contributed by atoms with Crippen molar-refractivity contribution in [1.82, 2.24) is 5.32 Å². The number of aryl methyl sites for hydroxylation is 1. The molecular weight excluding hydrogens is 490 g/mol. The van der Waals surface area contributed by atoms with Gasteiger partial charge in [-0.15, -0.1) is 0 Å². The molecule has 9 nitrogen and oxygen atoms in total. The third kappa shape index (κ3) is 5.09. The molecule has 1 N–H and O–H groups in total. The van der Waals surface area contributed by atoms with Crippen LogP contribution in [0, 0.1) is 6.92 Å². The van der Waals surface area contributed by atoms with Crippen molar-refractivity contribution >= 4 is 24.1 Å². The Hall–Kier alpha value is -1.34. The van der Waals surface area contributed by atoms with Gasteiger partial charge in [0, 0.05) is 0 Å². The lowest BCUT2D eigenvalue weighted by atomic mass is 10.1. The Bertz CT molecular complexity index is 1070. The van der Waals surface area contributed by atoms with Crippen molar-refractivity contribution in [2.75, 3.05) is 6.61 Å². The maximum absolute atomic E-state index is 12.8. The Balaban J connectivity index is 1.52. The Morgan fingerprint density at radius 2 is 1.74 bits per heavy atom. The molecule has 3 saturated heterocycles. The minimum absolute atomic E-state index is 0.0178. The number of benzene rings is 1. The maximum atomic E-state index is 12.8. The molecule has 11 heteroatoms. The predicted molar refractivity (Wildman–Crippen MR) is 131 cm³/mol. The molecule has 196 valence electrons. The largest absolute Gasteiger partial charge is 0.349 e. The van der Waals surface area contributed by atoms with Crippen LogP contribution >= 0.6 is 0 Å². The number of nitrogens with one attached hydrogen (secondary N) is 1. The normalized spacial score (nSPS) is 32.7. The maximum Gasteiger partial charge on any atom is 0.297 e. The van der Waals surface area contributed by atoms with E-state index in [0.29, 0.717) is 0 Å². The Kier molecular flexibility index (Phi) is 6.79. The van der Waals surface area contributed by atoms with E-state index in [4.69, 9.17) is 23.1 Å². The van der Waals surface area contributed by atoms with E-state index in [1.165, 1.54) is 12.1 Å². The number of hydrogen-bond donors (Lipinski definition) is 1. The molecule has 0 saturated carbocycles. The molecule has 1 aromatic carbocycles. The number of carbonyl (C=O) groups is 1. The molecule has 6 atom stereocenters. The summed E-state index contributed by atoms with van der Waals surface area (Å²) < 4.78 is 55.2. The highest BCUT2D eigenvalue weighted by Gasteiger charge is 2.60. The third-order valence-electron chi connectivity index (χ3n) is 7.67. The number of hydrogen-bond acceptors (Lipinski definition) is 8. The molecule has 0 spiro atoms. The van der Waals surface area contributed by atoms with Gasteiger partial charge in [0.25, 0.3) is 10.1 Å². The van der Waals surface area contributed by atoms with E-state index in [9.17, 15) is 13.2 Å². The molecule has 3 fully saturated rings. The fraction of sp³-hybridized carbons (Fsp3) is 0.708. The first-order valence-electron chi connectivity index (χ1n) is 11.9. The lowest BCUT2D eigenvalue weighted by Crippen LogP contribution is -2.67. The number of β-lactam (4-membered cyclic amide) rings is 1. The number of amides is 1. The summed E-state index contributed by atoms with van der Waals surface area (Å²) in [5.74, 6) is -0.894. The van der Waals surface area contributed by atoms with E-state index in [0.717, 1.165) is 5.56 Å². The quantitative estimate of drug-likeness (QED) is 0.327. The second-order valence-electron chi connectivity index (χ2n) is 11.7. The molecule has 3 aliphatic heterocycles. The molecule has 4 rings (SSSR count). The second kappa shape index (κ2) is 8.90. The smallest absolute Gasteiger partial charge is 0.297 e. The Morgan fingerprint density at radius 3 is 2.31 bits per heavy atom. The summed E-state index contributed by atoms with van der Waals surface area (Å²) in [6, 6.07) is 6.43. The fourth-order valence-electron chi connectivity index (χ4n) is 4.58. The zero-order valence-corrected chi connectivity index (χ0v) is 23.5. The van der Waals surface area contributed by atoms with E-state index in [-0.39, 0.29) is 28.0 Å². The molecule has 1 amide bonds. The van der Waals surface area contributed by atoms with Crippen LogP contribution in [-0.2, 0) is 38.0 Å². The number of rotatable bonds is 7. The van der Waals surface area contributed by atoms with Crippen molar-refractivity contribution in [2.45, 2.75) is 107 Å². The molecule has 0 bridgehead atoms. The van der Waals surface area contributed by atoms with Crippen LogP contribution in [0.25, 0.3) is 0 Å². The van der Waals surface area contributed by atoms with Gasteiger partial charge < -0.3 is 24.3 Å². The zero-order valence-electron chi connectivity index (χ0n) is 21.7. The zero-order chi connectivity index (χ0) is 26.0. The molecule has 35 heavy (non-hydrogen) atoms. The Morgan fingerprint density at radius 1 is 1.11 bits per heavy atom. The number of carbonyl (C=O) groups excluding carboxylic acids is 1. The Labute approximate surface area is 208 Å². The second-order valence-corrected chi connectivity index (χ2v) is 18.9. The standard InChI is InChI=1S/C24H37NO8SSi/c1-14-9-11-15(12-10-14)34(27,28)29-13-16-17(18-22(30-16)33-24(5,6)32-18)31-21-19(20(26)25-21)35(7,8)23(2,3)4/h9-12,16-19,21-22H,13H2,1-8H3,(H,25,26)/t16-,17+,18-,19+,21+,22-/m1/s1. The molecule has 3 heterocycles. The molecule has 0 radical (unpaired) electrons. The molecule has 1 aromatic rings. The summed E-state index contributed by atoms with van der Waals surface area (Å²) in [5, 5.41) is 2.86. The van der Waals surface area contributed by atoms with Gasteiger partial charge in [0.05, 0.1) is 25.1 Å². The van der Waals surface area contributed by atoms with Crippen molar-refractivity contribution in [3.05, 3.63) is 29.8 Å². The van der Waals surface area contributed by atoms with Crippen LogP contribution in [0.4, 0.5) is 0 Å². The number of fused-ring (bicyclic) bond motifs is 1. The van der Waals surface area contributed by atoms with Crippen molar-refractivity contribution in [3.8, 4) is 0 Å². The van der Waals surface area contributed by atoms with Gasteiger partial charge in [-0.1, -0.05) is 51.6 Å². The molecule has 0 unspecified atom stereocenters. The summed E-state index contributed by atoms with van der Waals surface area (Å²) >= 11 is 0. The van der Waals surface area contributed by atoms with Gasteiger partial charge in [-0.2, -0.15) is 8.42 Å². The van der Waals surface area contributed by atoms with E-state index in [1.807, 2.05) is 6.92 Å². The molecule has 0 aliphatic carbocycles. The van der Waals surface area contributed by atoms with E-state index in [2.05, 4.69) is 39.2 Å². The van der Waals surface area contributed by atoms with Crippen molar-refractivity contribution in [1.29, 1.82) is 0 Å². The molecular formula is C24H37NO8SSi. The van der Waals surface area contributed by atoms with Crippen LogP contribution in [0.3, 0.4) is 0 Å². The van der Waals surface area contributed by atoms with Crippen LogP contribution in [0.5, 0.6) is 0 Å². The van der Waals surface area contributed by atoms with E-state index < -0.39 is 54.8 Å². The highest BCUT2D eigenvalue weighted by Crippen LogP contribution is 2.49. The molecule has 3 aliphatic rings. The minimum Gasteiger partial charge on any atom is -0.349 e. The van der Waals surface area contributed by atoms with Crippen LogP contribution in [0.15, 0.2) is 29.2 Å². The first-order valence-corrected chi connectivity index (χ1v) is 16.4. The topological polar surface area (TPSA) is 109 Å². The van der Waals surface area contributed by atoms with Crippen LogP contribution < -0.4 is 5.32 Å². The van der Waals surface area contributed by atoms with E-state index >= 15 is 0 Å². The molecule has 0 aromatic heterocycles. The predicted octanol–water partition coefficient (Wildman–Crippen LogP) is 3.30. The average Bonchev–Trinajstić information content (AvgIpc) is 3.16. The van der Waals surface area contributed by atoms with Crippen LogP contribution in [0.2, 0.25) is 23.7 Å². The highest BCUT2D eigenvalue weighted by molar-refractivity contribution is 7.86. The highest BCUT2D eigenvalue weighted by atomic mass is 32.2. The minimum atomic E-state index is -4.00. The van der Waals surface area contributed by atoms with Crippen LogP contribution in [-0.4, -0.2) is 65.6 Å². The SMILES string of the molecule is Cc1ccc(S(=O)(=O)OC[C@H]2O[C@@H]3OC(C)(C)O[C@@H]3[C@H]2O[C@@H]2NC(=O)[C@@H]2[Si](C)(C)C(C)(C)C)cc1. The first-order chi connectivity index (χ1) is 16.0. The van der Waals surface area contributed by atoms with Gasteiger partial charge in [-0.05, 0) is 37.9 Å².